The number of rotatable bonds is 13. The molecule has 56 heavy (non-hydrogen) atoms. The summed E-state index contributed by atoms with van der Waals surface area (Å²) in [4.78, 5) is 61.3. The van der Waals surface area contributed by atoms with Crippen molar-refractivity contribution in [3.05, 3.63) is 137 Å². The Kier molecular flexibility index (Phi) is 11.3. The number of alkyl carbamates (subject to hydrolysis) is 1. The van der Waals surface area contributed by atoms with E-state index in [9.17, 15) is 28.7 Å². The molecule has 0 spiro atoms. The van der Waals surface area contributed by atoms with Crippen LogP contribution in [0, 0.1) is 13.8 Å². The second-order valence-corrected chi connectivity index (χ2v) is 16.3. The largest absolute Gasteiger partial charge is 0.524 e. The summed E-state index contributed by atoms with van der Waals surface area (Å²) in [5, 5.41) is 7.42. The predicted molar refractivity (Wildman–Crippen MR) is 213 cm³/mol. The van der Waals surface area contributed by atoms with Crippen LogP contribution in [0.25, 0.3) is 21.9 Å². The van der Waals surface area contributed by atoms with E-state index < -0.39 is 36.8 Å². The van der Waals surface area contributed by atoms with E-state index >= 15 is 0 Å². The number of aromatic nitrogens is 1. The van der Waals surface area contributed by atoms with Crippen molar-refractivity contribution in [3.8, 4) is 5.75 Å². The van der Waals surface area contributed by atoms with Crippen molar-refractivity contribution in [2.45, 2.75) is 78.0 Å². The lowest BCUT2D eigenvalue weighted by molar-refractivity contribution is -0.127. The molecule has 0 saturated heterocycles. The molecule has 4 aromatic carbocycles. The number of ether oxygens (including phenoxy) is 1. The Morgan fingerprint density at radius 2 is 1.59 bits per heavy atom. The van der Waals surface area contributed by atoms with Gasteiger partial charge in [-0.2, -0.15) is 0 Å². The van der Waals surface area contributed by atoms with Gasteiger partial charge < -0.3 is 24.3 Å². The standard InChI is InChI=1S/C43H46N3O9P/c1-27-20-28(2)39(37(21-27)55-56(50,51)52)42(4,5)24-38(47)46-25-32(34-17-11-12-18-35(34)46)23-43(6,40(48)44-29(3)30-14-8-7-9-15-30)45-41(49)53-26-33-22-31-16-10-13-19-36(31)54-33/h7-22,25,29H,23-24,26H2,1-6H3,(H,44,48)(H,45,49)(H2,50,51,52)/t29?,43-/m1/s1. The van der Waals surface area contributed by atoms with Crippen molar-refractivity contribution in [2.75, 3.05) is 0 Å². The summed E-state index contributed by atoms with van der Waals surface area (Å²) in [5.74, 6) is -0.319. The SMILES string of the molecule is Cc1cc(C)c(C(C)(C)CC(=O)n2cc(C[C@@](C)(NC(=O)OCc3cc4ccccc4o3)C(=O)NC(C)c3ccccc3)c3ccccc32)c(OP(=O)(O)O)c1. The number of amides is 2. The van der Waals surface area contributed by atoms with Crippen LogP contribution in [-0.4, -0.2) is 37.8 Å². The fourth-order valence-electron chi connectivity index (χ4n) is 7.39. The number of hydrogen-bond acceptors (Lipinski definition) is 7. The molecular weight excluding hydrogens is 733 g/mol. The van der Waals surface area contributed by atoms with Crippen LogP contribution in [0.3, 0.4) is 0 Å². The molecule has 12 nitrogen and oxygen atoms in total. The van der Waals surface area contributed by atoms with Gasteiger partial charge in [-0.3, -0.25) is 23.9 Å². The fourth-order valence-corrected chi connectivity index (χ4v) is 7.79. The van der Waals surface area contributed by atoms with Crippen molar-refractivity contribution in [3.63, 3.8) is 0 Å². The summed E-state index contributed by atoms with van der Waals surface area (Å²) in [6, 6.07) is 29.0. The van der Waals surface area contributed by atoms with Crippen LogP contribution in [0.2, 0.25) is 0 Å². The Balaban J connectivity index is 1.30. The Morgan fingerprint density at radius 1 is 0.911 bits per heavy atom. The molecule has 0 fully saturated rings. The predicted octanol–water partition coefficient (Wildman–Crippen LogP) is 8.59. The van der Waals surface area contributed by atoms with Crippen LogP contribution >= 0.6 is 7.82 Å². The van der Waals surface area contributed by atoms with Crippen molar-refractivity contribution < 1.29 is 42.4 Å². The van der Waals surface area contributed by atoms with Crippen LogP contribution in [0.1, 0.15) is 78.5 Å². The number of furan rings is 1. The second-order valence-electron chi connectivity index (χ2n) is 15.1. The van der Waals surface area contributed by atoms with Crippen molar-refractivity contribution in [2.24, 2.45) is 0 Å². The Morgan fingerprint density at radius 3 is 2.30 bits per heavy atom. The van der Waals surface area contributed by atoms with Crippen LogP contribution in [0.5, 0.6) is 5.75 Å². The molecule has 2 atom stereocenters. The van der Waals surface area contributed by atoms with Gasteiger partial charge in [-0.1, -0.05) is 86.6 Å². The molecule has 0 aliphatic heterocycles. The van der Waals surface area contributed by atoms with E-state index in [1.165, 1.54) is 4.57 Å². The topological polar surface area (TPSA) is 169 Å². The molecule has 2 amide bonds. The number of carbonyl (C=O) groups excluding carboxylic acids is 3. The lowest BCUT2D eigenvalue weighted by atomic mass is 9.78. The van der Waals surface area contributed by atoms with Crippen LogP contribution in [-0.2, 0) is 32.5 Å². The fraction of sp³-hybridized carbons (Fsp3) is 0.279. The molecule has 0 aliphatic rings. The highest BCUT2D eigenvalue weighted by Gasteiger charge is 2.38. The first-order chi connectivity index (χ1) is 26.4. The summed E-state index contributed by atoms with van der Waals surface area (Å²) in [7, 11) is -4.90. The zero-order valence-corrected chi connectivity index (χ0v) is 33.1. The van der Waals surface area contributed by atoms with E-state index in [-0.39, 0.29) is 31.1 Å². The number of carbonyl (C=O) groups is 3. The second kappa shape index (κ2) is 15.8. The molecular formula is C43H46N3O9P. The molecule has 0 aliphatic carbocycles. The zero-order chi connectivity index (χ0) is 40.4. The van der Waals surface area contributed by atoms with Gasteiger partial charge >= 0.3 is 13.9 Å². The number of benzene rings is 4. The Labute approximate surface area is 325 Å². The number of hydrogen-bond donors (Lipinski definition) is 4. The number of phosphoric ester groups is 1. The number of nitrogens with one attached hydrogen (secondary N) is 2. The molecule has 0 radical (unpaired) electrons. The average molecular weight is 780 g/mol. The highest BCUT2D eigenvalue weighted by Crippen LogP contribution is 2.45. The van der Waals surface area contributed by atoms with Gasteiger partial charge in [0.1, 0.15) is 22.6 Å². The summed E-state index contributed by atoms with van der Waals surface area (Å²) in [6.45, 7) is 10.5. The normalized spacial score (nSPS) is 13.6. The third-order valence-electron chi connectivity index (χ3n) is 9.89. The highest BCUT2D eigenvalue weighted by atomic mass is 31.2. The molecule has 1 unspecified atom stereocenters. The minimum Gasteiger partial charge on any atom is -0.457 e. The summed E-state index contributed by atoms with van der Waals surface area (Å²) in [6.07, 6.45) is 0.761. The molecule has 2 heterocycles. The number of phosphoric acid groups is 1. The number of aryl methyl sites for hydroxylation is 2. The Hall–Kier alpha value is -5.68. The molecule has 6 rings (SSSR count). The van der Waals surface area contributed by atoms with Crippen LogP contribution in [0.15, 0.2) is 108 Å². The molecule has 0 saturated carbocycles. The summed E-state index contributed by atoms with van der Waals surface area (Å²) >= 11 is 0. The van der Waals surface area contributed by atoms with Gasteiger partial charge in [-0.15, -0.1) is 0 Å². The molecule has 0 bridgehead atoms. The van der Waals surface area contributed by atoms with Gasteiger partial charge in [0.2, 0.25) is 11.8 Å². The van der Waals surface area contributed by atoms with E-state index in [1.54, 1.807) is 44.3 Å². The van der Waals surface area contributed by atoms with E-state index in [2.05, 4.69) is 10.6 Å². The summed E-state index contributed by atoms with van der Waals surface area (Å²) < 4.78 is 29.9. The van der Waals surface area contributed by atoms with E-state index in [0.717, 1.165) is 16.5 Å². The quantitative estimate of drug-likeness (QED) is 0.0839. The molecule has 4 N–H and O–H groups in total. The first-order valence-corrected chi connectivity index (χ1v) is 19.7. The maximum atomic E-state index is 14.3. The minimum absolute atomic E-state index is 0.0106. The van der Waals surface area contributed by atoms with E-state index in [0.29, 0.717) is 38.9 Å². The zero-order valence-electron chi connectivity index (χ0n) is 32.2. The first kappa shape index (κ1) is 40.0. The smallest absolute Gasteiger partial charge is 0.457 e. The maximum Gasteiger partial charge on any atom is 0.524 e. The first-order valence-electron chi connectivity index (χ1n) is 18.2. The minimum atomic E-state index is -4.90. The van der Waals surface area contributed by atoms with Gasteiger partial charge in [0.05, 0.1) is 11.6 Å². The van der Waals surface area contributed by atoms with Crippen LogP contribution in [0.4, 0.5) is 4.79 Å². The monoisotopic (exact) mass is 779 g/mol. The third kappa shape index (κ3) is 9.05. The molecule has 2 aromatic heterocycles. The van der Waals surface area contributed by atoms with E-state index in [4.69, 9.17) is 13.7 Å². The lowest BCUT2D eigenvalue weighted by Gasteiger charge is -2.31. The van der Waals surface area contributed by atoms with Crippen molar-refractivity contribution in [1.29, 1.82) is 0 Å². The van der Waals surface area contributed by atoms with Gasteiger partial charge in [0.15, 0.2) is 6.61 Å². The van der Waals surface area contributed by atoms with Gasteiger partial charge in [0.25, 0.3) is 0 Å². The number of para-hydroxylation sites is 2. The van der Waals surface area contributed by atoms with Gasteiger partial charge in [0, 0.05) is 40.8 Å². The van der Waals surface area contributed by atoms with Crippen molar-refractivity contribution in [1.82, 2.24) is 15.2 Å². The third-order valence-corrected chi connectivity index (χ3v) is 10.3. The van der Waals surface area contributed by atoms with Crippen molar-refractivity contribution >= 4 is 47.6 Å². The molecule has 13 heteroatoms. The van der Waals surface area contributed by atoms with Gasteiger partial charge in [-0.05, 0) is 74.2 Å². The average Bonchev–Trinajstić information content (AvgIpc) is 3.71. The lowest BCUT2D eigenvalue weighted by Crippen LogP contribution is -2.58. The molecule has 292 valence electrons. The Bertz CT molecular complexity index is 2430. The highest BCUT2D eigenvalue weighted by molar-refractivity contribution is 7.46. The molecule has 6 aromatic rings. The maximum absolute atomic E-state index is 14.3. The number of fused-ring (bicyclic) bond motifs is 2. The summed E-state index contributed by atoms with van der Waals surface area (Å²) in [5.41, 5.74) is 2.21. The van der Waals surface area contributed by atoms with Gasteiger partial charge in [-0.25, -0.2) is 9.36 Å². The van der Waals surface area contributed by atoms with E-state index in [1.807, 2.05) is 100 Å². The number of nitrogens with zero attached hydrogens (tertiary/aromatic N) is 1. The van der Waals surface area contributed by atoms with Crippen LogP contribution < -0.4 is 15.2 Å².